The molecule has 2 rings (SSSR count). The lowest BCUT2D eigenvalue weighted by atomic mass is 9.90. The smallest absolute Gasteiger partial charge is 0.262 e. The van der Waals surface area contributed by atoms with E-state index in [0.717, 1.165) is 13.0 Å². The predicted molar refractivity (Wildman–Crippen MR) is 116 cm³/mol. The first-order valence-electron chi connectivity index (χ1n) is 9.81. The summed E-state index contributed by atoms with van der Waals surface area (Å²) < 4.78 is 1.66. The van der Waals surface area contributed by atoms with Crippen molar-refractivity contribution in [1.29, 1.82) is 5.26 Å². The largest absolute Gasteiger partial charge is 0.340 e. The minimum atomic E-state index is -0.928. The molecule has 0 unspecified atom stereocenters. The third-order valence-electron chi connectivity index (χ3n) is 5.00. The van der Waals surface area contributed by atoms with Crippen molar-refractivity contribution >= 4 is 28.6 Å². The Morgan fingerprint density at radius 2 is 2.07 bits per heavy atom. The first-order chi connectivity index (χ1) is 13.7. The molecule has 0 radical (unpaired) electrons. The maximum absolute atomic E-state index is 13.0. The number of nitriles is 1. The van der Waals surface area contributed by atoms with Gasteiger partial charge in [0.15, 0.2) is 5.16 Å². The molecule has 0 aliphatic rings. The summed E-state index contributed by atoms with van der Waals surface area (Å²) in [4.78, 5) is 31.4. The summed E-state index contributed by atoms with van der Waals surface area (Å²) in [6.07, 6.45) is 0.835. The normalized spacial score (nSPS) is 13.4. The third-order valence-corrected chi connectivity index (χ3v) is 5.98. The monoisotopic (exact) mass is 416 g/mol. The molecule has 2 aromatic rings. The van der Waals surface area contributed by atoms with E-state index in [1.54, 1.807) is 23.6 Å². The van der Waals surface area contributed by atoms with E-state index in [2.05, 4.69) is 30.5 Å². The number of nitrogens with one attached hydrogen (secondary N) is 2. The van der Waals surface area contributed by atoms with Crippen molar-refractivity contribution in [3.05, 3.63) is 34.6 Å². The van der Waals surface area contributed by atoms with Gasteiger partial charge in [0.05, 0.1) is 43.4 Å². The molecule has 2 N–H and O–H groups in total. The van der Waals surface area contributed by atoms with E-state index in [4.69, 9.17) is 0 Å². The number of carbonyl (C=O) groups excluding carboxylic acids is 1. The molecular formula is C21H30N5O2S+. The van der Waals surface area contributed by atoms with Crippen molar-refractivity contribution in [3.8, 4) is 6.07 Å². The number of benzene rings is 1. The number of aromatic nitrogens is 2. The molecule has 0 fully saturated rings. The van der Waals surface area contributed by atoms with Gasteiger partial charge in [0.1, 0.15) is 5.54 Å². The van der Waals surface area contributed by atoms with E-state index < -0.39 is 5.54 Å². The van der Waals surface area contributed by atoms with Crippen molar-refractivity contribution in [2.45, 2.75) is 44.4 Å². The molecule has 1 aromatic heterocycles. The van der Waals surface area contributed by atoms with Crippen LogP contribution in [0.4, 0.5) is 0 Å². The molecule has 1 amide bonds. The van der Waals surface area contributed by atoms with Crippen molar-refractivity contribution in [3.63, 3.8) is 0 Å². The molecule has 1 atom stereocenters. The van der Waals surface area contributed by atoms with Crippen LogP contribution in [0.3, 0.4) is 0 Å². The highest BCUT2D eigenvalue weighted by atomic mass is 32.2. The Bertz CT molecular complexity index is 964. The van der Waals surface area contributed by atoms with Crippen LogP contribution in [0.2, 0.25) is 0 Å². The van der Waals surface area contributed by atoms with Crippen LogP contribution in [0.25, 0.3) is 10.9 Å². The summed E-state index contributed by atoms with van der Waals surface area (Å²) in [6.45, 7) is 6.98. The van der Waals surface area contributed by atoms with Crippen LogP contribution in [-0.2, 0) is 11.3 Å². The second kappa shape index (κ2) is 9.90. The summed E-state index contributed by atoms with van der Waals surface area (Å²) in [5.74, 6) is -0.181. The molecule has 0 saturated carbocycles. The molecule has 0 spiro atoms. The lowest BCUT2D eigenvalue weighted by Gasteiger charge is -2.27. The number of fused-ring (bicyclic) bond motifs is 1. The second-order valence-corrected chi connectivity index (χ2v) is 8.93. The number of nitrogens with zero attached hydrogens (tertiary/aromatic N) is 3. The van der Waals surface area contributed by atoms with E-state index in [1.165, 1.54) is 16.7 Å². The zero-order chi connectivity index (χ0) is 21.6. The van der Waals surface area contributed by atoms with Gasteiger partial charge in [-0.25, -0.2) is 4.98 Å². The summed E-state index contributed by atoms with van der Waals surface area (Å²) in [5.41, 5.74) is -0.391. The zero-order valence-electron chi connectivity index (χ0n) is 17.8. The van der Waals surface area contributed by atoms with Crippen LogP contribution in [0, 0.1) is 17.2 Å². The lowest BCUT2D eigenvalue weighted by molar-refractivity contribution is -0.858. The highest BCUT2D eigenvalue weighted by Crippen LogP contribution is 2.20. The van der Waals surface area contributed by atoms with Crippen LogP contribution in [0.1, 0.15) is 27.2 Å². The van der Waals surface area contributed by atoms with Crippen LogP contribution >= 0.6 is 11.8 Å². The Labute approximate surface area is 176 Å². The van der Waals surface area contributed by atoms with Gasteiger partial charge < -0.3 is 10.2 Å². The summed E-state index contributed by atoms with van der Waals surface area (Å²) in [7, 11) is 4.14. The Morgan fingerprint density at radius 1 is 1.38 bits per heavy atom. The van der Waals surface area contributed by atoms with Crippen LogP contribution in [-0.4, -0.2) is 47.4 Å². The van der Waals surface area contributed by atoms with E-state index >= 15 is 0 Å². The molecular weight excluding hydrogens is 386 g/mol. The molecule has 0 saturated heterocycles. The summed E-state index contributed by atoms with van der Waals surface area (Å²) in [6, 6.07) is 9.43. The Morgan fingerprint density at radius 3 is 2.69 bits per heavy atom. The van der Waals surface area contributed by atoms with Gasteiger partial charge in [-0.15, -0.1) is 0 Å². The van der Waals surface area contributed by atoms with Gasteiger partial charge in [0, 0.05) is 13.0 Å². The van der Waals surface area contributed by atoms with Gasteiger partial charge in [-0.1, -0.05) is 37.7 Å². The number of hydrogen-bond acceptors (Lipinski definition) is 5. The number of hydrogen-bond donors (Lipinski definition) is 2. The van der Waals surface area contributed by atoms with Crippen molar-refractivity contribution in [2.75, 3.05) is 26.4 Å². The summed E-state index contributed by atoms with van der Waals surface area (Å²) >= 11 is 1.23. The zero-order valence-corrected chi connectivity index (χ0v) is 18.6. The highest BCUT2D eigenvalue weighted by molar-refractivity contribution is 7.99. The lowest BCUT2D eigenvalue weighted by Crippen LogP contribution is -3.05. The van der Waals surface area contributed by atoms with Crippen molar-refractivity contribution in [2.24, 2.45) is 5.92 Å². The predicted octanol–water partition coefficient (Wildman–Crippen LogP) is 1.08. The quantitative estimate of drug-likeness (QED) is 0.471. The summed E-state index contributed by atoms with van der Waals surface area (Å²) in [5, 5.41) is 13.3. The molecule has 1 heterocycles. The average molecular weight is 417 g/mol. The second-order valence-electron chi connectivity index (χ2n) is 7.98. The van der Waals surface area contributed by atoms with Crippen molar-refractivity contribution in [1.82, 2.24) is 14.9 Å². The van der Waals surface area contributed by atoms with Gasteiger partial charge in [-0.3, -0.25) is 14.2 Å². The topological polar surface area (TPSA) is 92.2 Å². The molecule has 0 aliphatic heterocycles. The fourth-order valence-electron chi connectivity index (χ4n) is 2.80. The van der Waals surface area contributed by atoms with E-state index in [-0.39, 0.29) is 23.1 Å². The SMILES string of the molecule is CC(C)[C@](C)(C#N)NC(=O)CSc1nc2ccccc2c(=O)n1CCC[NH+](C)C. The van der Waals surface area contributed by atoms with Gasteiger partial charge in [0.25, 0.3) is 5.56 Å². The molecule has 156 valence electrons. The molecule has 8 heteroatoms. The highest BCUT2D eigenvalue weighted by Gasteiger charge is 2.30. The van der Waals surface area contributed by atoms with Crippen LogP contribution in [0.5, 0.6) is 0 Å². The third kappa shape index (κ3) is 5.81. The van der Waals surface area contributed by atoms with Gasteiger partial charge in [-0.05, 0) is 25.0 Å². The minimum absolute atomic E-state index is 0.0213. The first kappa shape index (κ1) is 22.9. The fraction of sp³-hybridized carbons (Fsp3) is 0.524. The number of quaternary nitrogens is 1. The number of carbonyl (C=O) groups is 1. The molecule has 1 aromatic carbocycles. The van der Waals surface area contributed by atoms with E-state index in [1.807, 2.05) is 26.0 Å². The van der Waals surface area contributed by atoms with E-state index in [0.29, 0.717) is 22.6 Å². The van der Waals surface area contributed by atoms with Crippen molar-refractivity contribution < 1.29 is 9.69 Å². The fourth-order valence-corrected chi connectivity index (χ4v) is 3.63. The number of thioether (sulfide) groups is 1. The molecule has 7 nitrogen and oxygen atoms in total. The van der Waals surface area contributed by atoms with Gasteiger partial charge in [0.2, 0.25) is 5.91 Å². The molecule has 29 heavy (non-hydrogen) atoms. The number of amides is 1. The maximum Gasteiger partial charge on any atom is 0.262 e. The van der Waals surface area contributed by atoms with Gasteiger partial charge >= 0.3 is 0 Å². The van der Waals surface area contributed by atoms with Crippen LogP contribution < -0.4 is 15.8 Å². The standard InChI is InChI=1S/C21H29N5O2S/c1-15(2)21(3,14-22)24-18(27)13-29-20-23-17-10-7-6-9-16(17)19(28)26(20)12-8-11-25(4)5/h6-7,9-10,15H,8,11-13H2,1-5H3,(H,24,27)/p+1/t21-/m0/s1. The molecule has 0 aliphatic carbocycles. The number of para-hydroxylation sites is 1. The van der Waals surface area contributed by atoms with Gasteiger partial charge in [-0.2, -0.15) is 5.26 Å². The maximum atomic E-state index is 13.0. The van der Waals surface area contributed by atoms with Crippen LogP contribution in [0.15, 0.2) is 34.2 Å². The minimum Gasteiger partial charge on any atom is -0.340 e. The van der Waals surface area contributed by atoms with E-state index in [9.17, 15) is 14.9 Å². The Hall–Kier alpha value is -2.37. The first-order valence-corrected chi connectivity index (χ1v) is 10.8. The number of rotatable bonds is 9. The Balaban J connectivity index is 2.25. The molecule has 0 bridgehead atoms. The average Bonchev–Trinajstić information content (AvgIpc) is 2.67. The Kier molecular flexibility index (Phi) is 7.82.